The Morgan fingerprint density at radius 2 is 1.81 bits per heavy atom. The number of hydrogen-bond donors (Lipinski definition) is 0. The van der Waals surface area contributed by atoms with Gasteiger partial charge in [0.2, 0.25) is 0 Å². The minimum atomic E-state index is 0.112. The van der Waals surface area contributed by atoms with Crippen molar-refractivity contribution in [1.82, 2.24) is 14.8 Å². The highest BCUT2D eigenvalue weighted by Gasteiger charge is 2.28. The number of rotatable bonds is 5. The number of hydrogen-bond acceptors (Lipinski definition) is 5. The molecule has 1 aliphatic heterocycles. The van der Waals surface area contributed by atoms with Gasteiger partial charge in [-0.25, -0.2) is 4.98 Å². The fraction of sp³-hybridized carbons (Fsp3) is 0.385. The van der Waals surface area contributed by atoms with Crippen LogP contribution in [0, 0.1) is 6.92 Å². The quantitative estimate of drug-likeness (QED) is 0.378. The van der Waals surface area contributed by atoms with Crippen LogP contribution in [-0.2, 0) is 0 Å². The summed E-state index contributed by atoms with van der Waals surface area (Å²) in [5.74, 6) is 0.112. The van der Waals surface area contributed by atoms with Crippen molar-refractivity contribution < 1.29 is 9.21 Å². The first-order valence-electron chi connectivity index (χ1n) is 11.5. The smallest absolute Gasteiger partial charge is 0.265 e. The number of carbonyl (C=O) groups excluding carboxylic acids is 1. The predicted molar refractivity (Wildman–Crippen MR) is 131 cm³/mol. The number of likely N-dealkylation sites (tertiary alicyclic amines) is 1. The molecule has 0 unspecified atom stereocenters. The van der Waals surface area contributed by atoms with Crippen molar-refractivity contribution in [3.8, 4) is 10.6 Å². The molecule has 0 atom stereocenters. The van der Waals surface area contributed by atoms with E-state index in [4.69, 9.17) is 9.40 Å². The number of fused-ring (bicyclic) bond motifs is 3. The van der Waals surface area contributed by atoms with E-state index in [1.54, 1.807) is 0 Å². The summed E-state index contributed by atoms with van der Waals surface area (Å²) in [4.78, 5) is 23.4. The third-order valence-electron chi connectivity index (χ3n) is 6.71. The van der Waals surface area contributed by atoms with Crippen LogP contribution in [0.15, 0.2) is 46.9 Å². The van der Waals surface area contributed by atoms with Gasteiger partial charge in [0.15, 0.2) is 0 Å². The first kappa shape index (κ1) is 21.2. The molecule has 5 nitrogen and oxygen atoms in total. The van der Waals surface area contributed by atoms with Crippen LogP contribution in [0.3, 0.4) is 0 Å². The summed E-state index contributed by atoms with van der Waals surface area (Å²) in [5.41, 5.74) is 3.46. The molecule has 2 aromatic heterocycles. The molecule has 1 amide bonds. The first-order valence-corrected chi connectivity index (χ1v) is 12.3. The van der Waals surface area contributed by atoms with E-state index >= 15 is 0 Å². The maximum Gasteiger partial charge on any atom is 0.265 e. The van der Waals surface area contributed by atoms with Crippen LogP contribution in [0.4, 0.5) is 0 Å². The Hall–Kier alpha value is -2.70. The number of piperidine rings is 1. The zero-order valence-electron chi connectivity index (χ0n) is 18.9. The Balaban J connectivity index is 1.42. The van der Waals surface area contributed by atoms with Crippen molar-refractivity contribution in [2.24, 2.45) is 0 Å². The van der Waals surface area contributed by atoms with Crippen LogP contribution in [-0.4, -0.2) is 52.9 Å². The molecule has 1 fully saturated rings. The second-order valence-corrected chi connectivity index (χ2v) is 9.46. The molecule has 166 valence electrons. The van der Waals surface area contributed by atoms with Crippen LogP contribution < -0.4 is 0 Å². The Kier molecular flexibility index (Phi) is 5.74. The number of thiazole rings is 1. The molecule has 0 bridgehead atoms. The van der Waals surface area contributed by atoms with Gasteiger partial charge in [0.05, 0.1) is 11.3 Å². The van der Waals surface area contributed by atoms with E-state index < -0.39 is 0 Å². The monoisotopic (exact) mass is 447 g/mol. The number of para-hydroxylation sites is 2. The fourth-order valence-corrected chi connectivity index (χ4v) is 6.00. The van der Waals surface area contributed by atoms with Crippen LogP contribution in [0.5, 0.6) is 0 Å². The SMILES string of the molecule is CCN(CC)C1CCN(C(=O)c2sc(-c3cccc4c3oc3ccccc34)nc2C)CC1. The van der Waals surface area contributed by atoms with Gasteiger partial charge in [-0.15, -0.1) is 11.3 Å². The average molecular weight is 448 g/mol. The summed E-state index contributed by atoms with van der Waals surface area (Å²) in [6.07, 6.45) is 2.08. The molecule has 3 heterocycles. The molecule has 1 saturated heterocycles. The Bertz CT molecular complexity index is 1260. The Morgan fingerprint density at radius 3 is 2.56 bits per heavy atom. The highest BCUT2D eigenvalue weighted by atomic mass is 32.1. The third-order valence-corrected chi connectivity index (χ3v) is 7.88. The summed E-state index contributed by atoms with van der Waals surface area (Å²) >= 11 is 1.48. The molecular weight excluding hydrogens is 418 g/mol. The van der Waals surface area contributed by atoms with Crippen molar-refractivity contribution in [2.45, 2.75) is 39.7 Å². The molecule has 4 aromatic rings. The summed E-state index contributed by atoms with van der Waals surface area (Å²) in [7, 11) is 0. The van der Waals surface area contributed by atoms with E-state index in [2.05, 4.69) is 30.9 Å². The van der Waals surface area contributed by atoms with Crippen LogP contribution in [0.25, 0.3) is 32.5 Å². The molecule has 0 spiro atoms. The molecule has 5 rings (SSSR count). The number of carbonyl (C=O) groups is 1. The van der Waals surface area contributed by atoms with E-state index in [-0.39, 0.29) is 5.91 Å². The van der Waals surface area contributed by atoms with Crippen LogP contribution >= 0.6 is 11.3 Å². The van der Waals surface area contributed by atoms with Gasteiger partial charge in [-0.2, -0.15) is 0 Å². The van der Waals surface area contributed by atoms with Crippen molar-refractivity contribution in [3.63, 3.8) is 0 Å². The zero-order valence-corrected chi connectivity index (χ0v) is 19.7. The number of aryl methyl sites for hydroxylation is 1. The molecule has 2 aromatic carbocycles. The third kappa shape index (κ3) is 3.61. The molecule has 0 radical (unpaired) electrons. The van der Waals surface area contributed by atoms with Crippen LogP contribution in [0.1, 0.15) is 42.1 Å². The largest absolute Gasteiger partial charge is 0.455 e. The molecule has 6 heteroatoms. The van der Waals surface area contributed by atoms with E-state index in [1.165, 1.54) is 11.3 Å². The first-order chi connectivity index (χ1) is 15.6. The Labute approximate surface area is 192 Å². The maximum absolute atomic E-state index is 13.3. The number of benzene rings is 2. The topological polar surface area (TPSA) is 49.6 Å². The summed E-state index contributed by atoms with van der Waals surface area (Å²) < 4.78 is 6.19. The predicted octanol–water partition coefficient (Wildman–Crippen LogP) is 5.96. The normalized spacial score (nSPS) is 15.3. The van der Waals surface area contributed by atoms with Crippen molar-refractivity contribution in [3.05, 3.63) is 53.0 Å². The maximum atomic E-state index is 13.3. The summed E-state index contributed by atoms with van der Waals surface area (Å²) in [6.45, 7) is 10.1. The summed E-state index contributed by atoms with van der Waals surface area (Å²) in [5, 5.41) is 3.02. The Morgan fingerprint density at radius 1 is 1.09 bits per heavy atom. The number of aromatic nitrogens is 1. The second-order valence-electron chi connectivity index (χ2n) is 8.46. The van der Waals surface area contributed by atoms with E-state index in [1.807, 2.05) is 42.2 Å². The van der Waals surface area contributed by atoms with Gasteiger partial charge in [0.25, 0.3) is 5.91 Å². The standard InChI is InChI=1S/C26H29N3O2S/c1-4-28(5-2)18-13-15-29(16-14-18)26(30)24-17(3)27-25(32-24)21-11-8-10-20-19-9-6-7-12-22(19)31-23(20)21/h6-12,18H,4-5,13-16H2,1-3H3. The summed E-state index contributed by atoms with van der Waals surface area (Å²) in [6, 6.07) is 14.8. The van der Waals surface area contributed by atoms with Crippen LogP contribution in [0.2, 0.25) is 0 Å². The highest BCUT2D eigenvalue weighted by Crippen LogP contribution is 2.38. The minimum absolute atomic E-state index is 0.112. The van der Waals surface area contributed by atoms with Gasteiger partial charge in [-0.1, -0.05) is 44.2 Å². The van der Waals surface area contributed by atoms with Gasteiger partial charge in [0, 0.05) is 29.9 Å². The lowest BCUT2D eigenvalue weighted by Crippen LogP contribution is -2.46. The lowest BCUT2D eigenvalue weighted by atomic mass is 10.0. The molecule has 1 aliphatic rings. The van der Waals surface area contributed by atoms with Crippen molar-refractivity contribution in [2.75, 3.05) is 26.2 Å². The second kappa shape index (κ2) is 8.68. The van der Waals surface area contributed by atoms with Gasteiger partial charge in [-0.3, -0.25) is 4.79 Å². The molecular formula is C26H29N3O2S. The average Bonchev–Trinajstić information content (AvgIpc) is 3.40. The zero-order chi connectivity index (χ0) is 22.2. The van der Waals surface area contributed by atoms with Gasteiger partial charge < -0.3 is 14.2 Å². The fourth-order valence-electron chi connectivity index (χ4n) is 4.94. The van der Waals surface area contributed by atoms with Crippen molar-refractivity contribution >= 4 is 39.2 Å². The highest BCUT2D eigenvalue weighted by molar-refractivity contribution is 7.17. The number of furan rings is 1. The van der Waals surface area contributed by atoms with Gasteiger partial charge >= 0.3 is 0 Å². The molecule has 0 saturated carbocycles. The molecule has 0 N–H and O–H groups in total. The molecule has 0 aliphatic carbocycles. The van der Waals surface area contributed by atoms with Gasteiger partial charge in [0.1, 0.15) is 21.1 Å². The van der Waals surface area contributed by atoms with Crippen molar-refractivity contribution in [1.29, 1.82) is 0 Å². The van der Waals surface area contributed by atoms with E-state index in [0.29, 0.717) is 6.04 Å². The van der Waals surface area contributed by atoms with Gasteiger partial charge in [-0.05, 0) is 45.0 Å². The van der Waals surface area contributed by atoms with E-state index in [9.17, 15) is 4.79 Å². The minimum Gasteiger partial charge on any atom is -0.455 e. The molecule has 32 heavy (non-hydrogen) atoms. The lowest BCUT2D eigenvalue weighted by molar-refractivity contribution is 0.0635. The van der Waals surface area contributed by atoms with E-state index in [0.717, 1.165) is 82.1 Å². The lowest BCUT2D eigenvalue weighted by Gasteiger charge is -2.37. The number of amides is 1. The number of nitrogens with zero attached hydrogens (tertiary/aromatic N) is 3.